The smallest absolute Gasteiger partial charge is 0.129 e. The molecule has 1 unspecified atom stereocenters. The number of nitrogens with zero attached hydrogens (tertiary/aromatic N) is 1. The van der Waals surface area contributed by atoms with Crippen LogP contribution in [0.4, 0.5) is 0 Å². The molecule has 0 amide bonds. The molecule has 6 heteroatoms. The molecule has 1 atom stereocenters. The molecule has 0 bridgehead atoms. The van der Waals surface area contributed by atoms with Crippen LogP contribution in [0.3, 0.4) is 0 Å². The van der Waals surface area contributed by atoms with Crippen LogP contribution in [-0.4, -0.2) is 49.5 Å². The molecule has 0 saturated carbocycles. The van der Waals surface area contributed by atoms with Crippen molar-refractivity contribution in [3.8, 4) is 0 Å². The van der Waals surface area contributed by atoms with Crippen LogP contribution in [0.1, 0.15) is 10.6 Å². The van der Waals surface area contributed by atoms with Gasteiger partial charge < -0.3 is 19.0 Å². The number of ether oxygens (including phenoxy) is 2. The van der Waals surface area contributed by atoms with E-state index >= 15 is 0 Å². The third-order valence-electron chi connectivity index (χ3n) is 3.17. The Balaban J connectivity index is 1.72. The minimum absolute atomic E-state index is 0.286. The first kappa shape index (κ1) is 17.2. The highest BCUT2D eigenvalue weighted by Crippen LogP contribution is 2.12. The Morgan fingerprint density at radius 2 is 2.27 bits per heavy atom. The highest BCUT2D eigenvalue weighted by atomic mass is 32.1. The van der Waals surface area contributed by atoms with Crippen LogP contribution in [0.25, 0.3) is 0 Å². The quantitative estimate of drug-likeness (QED) is 0.687. The summed E-state index contributed by atoms with van der Waals surface area (Å²) in [6, 6.07) is 7.82. The molecule has 2 aromatic rings. The molecule has 0 aliphatic carbocycles. The number of hydrogen-bond acceptors (Lipinski definition) is 6. The Kier molecular flexibility index (Phi) is 7.62. The summed E-state index contributed by atoms with van der Waals surface area (Å²) in [7, 11) is 1.69. The van der Waals surface area contributed by atoms with E-state index in [-0.39, 0.29) is 6.61 Å². The van der Waals surface area contributed by atoms with Crippen LogP contribution in [0, 0.1) is 0 Å². The van der Waals surface area contributed by atoms with Crippen molar-refractivity contribution < 1.29 is 19.0 Å². The summed E-state index contributed by atoms with van der Waals surface area (Å²) < 4.78 is 15.8. The van der Waals surface area contributed by atoms with Crippen molar-refractivity contribution in [1.29, 1.82) is 0 Å². The molecule has 2 heterocycles. The largest absolute Gasteiger partial charge is 0.467 e. The normalized spacial score (nSPS) is 12.9. The minimum Gasteiger partial charge on any atom is -0.467 e. The second kappa shape index (κ2) is 9.76. The van der Waals surface area contributed by atoms with Crippen molar-refractivity contribution in [3.63, 3.8) is 0 Å². The zero-order valence-electron chi connectivity index (χ0n) is 12.8. The molecule has 122 valence electrons. The van der Waals surface area contributed by atoms with Gasteiger partial charge in [0.1, 0.15) is 12.4 Å². The standard InChI is InChI=1S/C16H23NO4S/c1-19-8-6-17(11-16-5-3-9-22-16)10-14(18)12-20-13-15-4-2-7-21-15/h2-5,7,9,14,18H,6,8,10-13H2,1H3. The van der Waals surface area contributed by atoms with Crippen LogP contribution in [-0.2, 0) is 22.6 Å². The van der Waals surface area contributed by atoms with Crippen molar-refractivity contribution in [2.75, 3.05) is 33.4 Å². The van der Waals surface area contributed by atoms with Gasteiger partial charge in [-0.25, -0.2) is 0 Å². The minimum atomic E-state index is -0.535. The molecule has 2 rings (SSSR count). The average molecular weight is 325 g/mol. The van der Waals surface area contributed by atoms with Crippen molar-refractivity contribution in [3.05, 3.63) is 46.5 Å². The van der Waals surface area contributed by atoms with Crippen LogP contribution in [0.2, 0.25) is 0 Å². The lowest BCUT2D eigenvalue weighted by Gasteiger charge is -2.24. The van der Waals surface area contributed by atoms with Gasteiger partial charge in [-0.05, 0) is 23.6 Å². The Bertz CT molecular complexity index is 486. The van der Waals surface area contributed by atoms with Crippen LogP contribution in [0.15, 0.2) is 40.3 Å². The maximum Gasteiger partial charge on any atom is 0.129 e. The van der Waals surface area contributed by atoms with Gasteiger partial charge in [0.05, 0.1) is 25.6 Å². The van der Waals surface area contributed by atoms with Crippen LogP contribution in [0.5, 0.6) is 0 Å². The van der Waals surface area contributed by atoms with Crippen molar-refractivity contribution in [2.45, 2.75) is 19.3 Å². The molecule has 0 aromatic carbocycles. The lowest BCUT2D eigenvalue weighted by Crippen LogP contribution is -2.36. The molecule has 0 aliphatic rings. The topological polar surface area (TPSA) is 55.1 Å². The van der Waals surface area contributed by atoms with Crippen molar-refractivity contribution in [2.24, 2.45) is 0 Å². The Labute approximate surface area is 135 Å². The number of methoxy groups -OCH3 is 1. The van der Waals surface area contributed by atoms with E-state index in [1.165, 1.54) is 4.88 Å². The first-order valence-corrected chi connectivity index (χ1v) is 8.17. The van der Waals surface area contributed by atoms with E-state index in [4.69, 9.17) is 13.9 Å². The average Bonchev–Trinajstić information content (AvgIpc) is 3.18. The fourth-order valence-electron chi connectivity index (χ4n) is 2.12. The summed E-state index contributed by atoms with van der Waals surface area (Å²) in [4.78, 5) is 3.45. The van der Waals surface area contributed by atoms with Gasteiger partial charge in [-0.3, -0.25) is 4.90 Å². The third kappa shape index (κ3) is 6.29. The predicted molar refractivity (Wildman–Crippen MR) is 85.8 cm³/mol. The zero-order valence-corrected chi connectivity index (χ0v) is 13.6. The summed E-state index contributed by atoms with van der Waals surface area (Å²) in [6.07, 6.45) is 1.08. The summed E-state index contributed by atoms with van der Waals surface area (Å²) >= 11 is 1.72. The van der Waals surface area contributed by atoms with E-state index in [2.05, 4.69) is 16.3 Å². The molecule has 0 fully saturated rings. The maximum absolute atomic E-state index is 10.1. The number of aliphatic hydroxyl groups is 1. The highest BCUT2D eigenvalue weighted by molar-refractivity contribution is 7.09. The Hall–Kier alpha value is -1.18. The van der Waals surface area contributed by atoms with Gasteiger partial charge >= 0.3 is 0 Å². The molecule has 1 N–H and O–H groups in total. The van der Waals surface area contributed by atoms with Gasteiger partial charge in [0.2, 0.25) is 0 Å². The summed E-state index contributed by atoms with van der Waals surface area (Å²) in [6.45, 7) is 3.46. The number of rotatable bonds is 11. The second-order valence-electron chi connectivity index (χ2n) is 5.06. The van der Waals surface area contributed by atoms with Gasteiger partial charge in [-0.1, -0.05) is 6.07 Å². The fraction of sp³-hybridized carbons (Fsp3) is 0.500. The van der Waals surface area contributed by atoms with Gasteiger partial charge in [0, 0.05) is 31.6 Å². The van der Waals surface area contributed by atoms with Crippen molar-refractivity contribution in [1.82, 2.24) is 4.90 Å². The molecule has 0 radical (unpaired) electrons. The van der Waals surface area contributed by atoms with Gasteiger partial charge in [0.25, 0.3) is 0 Å². The van der Waals surface area contributed by atoms with Gasteiger partial charge in [-0.15, -0.1) is 11.3 Å². The SMILES string of the molecule is COCCN(Cc1cccs1)CC(O)COCc1ccco1. The van der Waals surface area contributed by atoms with E-state index in [0.717, 1.165) is 18.8 Å². The number of aliphatic hydroxyl groups excluding tert-OH is 1. The second-order valence-corrected chi connectivity index (χ2v) is 6.09. The summed E-state index contributed by atoms with van der Waals surface area (Å²) in [5.41, 5.74) is 0. The first-order chi connectivity index (χ1) is 10.8. The highest BCUT2D eigenvalue weighted by Gasteiger charge is 2.13. The number of thiophene rings is 1. The lowest BCUT2D eigenvalue weighted by molar-refractivity contribution is 0.000646. The molecule has 0 saturated heterocycles. The zero-order chi connectivity index (χ0) is 15.6. The summed E-state index contributed by atoms with van der Waals surface area (Å²) in [5.74, 6) is 0.766. The molecule has 22 heavy (non-hydrogen) atoms. The first-order valence-electron chi connectivity index (χ1n) is 7.30. The molecule has 0 aliphatic heterocycles. The Morgan fingerprint density at radius 3 is 2.95 bits per heavy atom. The maximum atomic E-state index is 10.1. The predicted octanol–water partition coefficient (Wildman–Crippen LogP) is 2.37. The molecular formula is C16H23NO4S. The lowest BCUT2D eigenvalue weighted by atomic mass is 10.3. The number of hydrogen-bond donors (Lipinski definition) is 1. The molecule has 5 nitrogen and oxygen atoms in total. The van der Waals surface area contributed by atoms with E-state index < -0.39 is 6.10 Å². The third-order valence-corrected chi connectivity index (χ3v) is 4.04. The number of furan rings is 1. The molecule has 0 spiro atoms. The van der Waals surface area contributed by atoms with E-state index in [0.29, 0.717) is 19.8 Å². The molecule has 2 aromatic heterocycles. The van der Waals surface area contributed by atoms with Crippen LogP contribution >= 0.6 is 11.3 Å². The monoisotopic (exact) mass is 325 g/mol. The molecular weight excluding hydrogens is 302 g/mol. The fourth-order valence-corrected chi connectivity index (χ4v) is 2.87. The van der Waals surface area contributed by atoms with Crippen LogP contribution < -0.4 is 0 Å². The van der Waals surface area contributed by atoms with E-state index in [9.17, 15) is 5.11 Å². The van der Waals surface area contributed by atoms with Gasteiger partial charge in [0.15, 0.2) is 0 Å². The van der Waals surface area contributed by atoms with E-state index in [1.54, 1.807) is 24.7 Å². The van der Waals surface area contributed by atoms with Gasteiger partial charge in [-0.2, -0.15) is 0 Å². The van der Waals surface area contributed by atoms with Crippen molar-refractivity contribution >= 4 is 11.3 Å². The Morgan fingerprint density at radius 1 is 1.36 bits per heavy atom. The summed E-state index contributed by atoms with van der Waals surface area (Å²) in [5, 5.41) is 12.2. The van der Waals surface area contributed by atoms with E-state index in [1.807, 2.05) is 18.2 Å².